The van der Waals surface area contributed by atoms with Crippen LogP contribution in [0.15, 0.2) is 36.4 Å². The largest absolute Gasteiger partial charge is 0.384 e. The summed E-state index contributed by atoms with van der Waals surface area (Å²) in [6.45, 7) is 2.50. The Hall–Kier alpha value is -2.09. The third kappa shape index (κ3) is 4.75. The second kappa shape index (κ2) is 7.63. The van der Waals surface area contributed by atoms with Crippen molar-refractivity contribution in [2.24, 2.45) is 0 Å². The Labute approximate surface area is 128 Å². The summed E-state index contributed by atoms with van der Waals surface area (Å²) in [6, 6.07) is 11.8. The molecule has 0 saturated carbocycles. The molecular formula is C17H17NO2S. The zero-order chi connectivity index (χ0) is 15.1. The molecule has 2 N–H and O–H groups in total. The fourth-order valence-corrected chi connectivity index (χ4v) is 2.73. The minimum Gasteiger partial charge on any atom is -0.384 e. The van der Waals surface area contributed by atoms with Crippen molar-refractivity contribution < 1.29 is 9.90 Å². The van der Waals surface area contributed by atoms with Gasteiger partial charge in [0, 0.05) is 6.54 Å². The maximum absolute atomic E-state index is 12.0. The van der Waals surface area contributed by atoms with E-state index in [-0.39, 0.29) is 12.5 Å². The van der Waals surface area contributed by atoms with Crippen LogP contribution in [-0.2, 0) is 6.42 Å². The third-order valence-corrected chi connectivity index (χ3v) is 3.90. The van der Waals surface area contributed by atoms with Gasteiger partial charge in [0.1, 0.15) is 6.61 Å². The molecule has 0 aliphatic carbocycles. The molecule has 0 fully saturated rings. The average Bonchev–Trinajstić information content (AvgIpc) is 2.94. The van der Waals surface area contributed by atoms with Crippen LogP contribution < -0.4 is 5.32 Å². The van der Waals surface area contributed by atoms with Crippen molar-refractivity contribution in [3.63, 3.8) is 0 Å². The van der Waals surface area contributed by atoms with E-state index in [9.17, 15) is 4.79 Å². The van der Waals surface area contributed by atoms with Crippen LogP contribution in [0.3, 0.4) is 0 Å². The fraction of sp³-hybridized carbons (Fsp3) is 0.235. The van der Waals surface area contributed by atoms with Crippen molar-refractivity contribution in [1.29, 1.82) is 0 Å². The molecule has 2 aromatic rings. The van der Waals surface area contributed by atoms with Gasteiger partial charge in [-0.05, 0) is 31.0 Å². The van der Waals surface area contributed by atoms with Crippen LogP contribution in [0.4, 0.5) is 0 Å². The molecule has 0 unspecified atom stereocenters. The number of carbonyl (C=O) groups excluding carboxylic acids is 1. The van der Waals surface area contributed by atoms with E-state index < -0.39 is 0 Å². The number of hydrogen-bond donors (Lipinski definition) is 2. The van der Waals surface area contributed by atoms with Crippen molar-refractivity contribution in [1.82, 2.24) is 5.32 Å². The lowest BCUT2D eigenvalue weighted by Crippen LogP contribution is -2.24. The summed E-state index contributed by atoms with van der Waals surface area (Å²) in [7, 11) is 0. The Bertz CT molecular complexity index is 679. The molecule has 1 heterocycles. The van der Waals surface area contributed by atoms with Crippen LogP contribution in [0.1, 0.15) is 25.7 Å². The van der Waals surface area contributed by atoms with Gasteiger partial charge in [-0.15, -0.1) is 11.3 Å². The molecule has 0 aliphatic rings. The number of nitrogens with one attached hydrogen (secondary N) is 1. The zero-order valence-electron chi connectivity index (χ0n) is 11.8. The lowest BCUT2D eigenvalue weighted by atomic mass is 10.1. The van der Waals surface area contributed by atoms with Gasteiger partial charge in [0.05, 0.1) is 9.75 Å². The van der Waals surface area contributed by atoms with Crippen LogP contribution in [-0.4, -0.2) is 24.2 Å². The predicted molar refractivity (Wildman–Crippen MR) is 85.5 cm³/mol. The zero-order valence-corrected chi connectivity index (χ0v) is 12.7. The van der Waals surface area contributed by atoms with Crippen LogP contribution in [0.25, 0.3) is 0 Å². The number of hydrogen-bond acceptors (Lipinski definition) is 3. The molecule has 4 heteroatoms. The molecule has 0 spiro atoms. The maximum atomic E-state index is 12.0. The van der Waals surface area contributed by atoms with Gasteiger partial charge < -0.3 is 10.4 Å². The summed E-state index contributed by atoms with van der Waals surface area (Å²) in [5.41, 5.74) is 2.44. The highest BCUT2D eigenvalue weighted by Gasteiger charge is 2.07. The van der Waals surface area contributed by atoms with E-state index in [1.807, 2.05) is 6.07 Å². The van der Waals surface area contributed by atoms with Gasteiger partial charge in [0.25, 0.3) is 5.91 Å². The quantitative estimate of drug-likeness (QED) is 0.852. The molecule has 3 nitrogen and oxygen atoms in total. The van der Waals surface area contributed by atoms with Crippen molar-refractivity contribution in [2.75, 3.05) is 13.2 Å². The maximum Gasteiger partial charge on any atom is 0.261 e. The number of aryl methyl sites for hydroxylation is 1. The summed E-state index contributed by atoms with van der Waals surface area (Å²) in [4.78, 5) is 13.4. The Kier molecular flexibility index (Phi) is 5.56. The minimum absolute atomic E-state index is 0.0790. The van der Waals surface area contributed by atoms with Gasteiger partial charge >= 0.3 is 0 Å². The van der Waals surface area contributed by atoms with E-state index in [0.29, 0.717) is 11.4 Å². The smallest absolute Gasteiger partial charge is 0.261 e. The second-order valence-corrected chi connectivity index (χ2v) is 5.70. The summed E-state index contributed by atoms with van der Waals surface area (Å²) < 4.78 is 0. The Morgan fingerprint density at radius 3 is 2.95 bits per heavy atom. The highest BCUT2D eigenvalue weighted by molar-refractivity contribution is 7.14. The molecule has 21 heavy (non-hydrogen) atoms. The molecule has 1 amide bonds. The van der Waals surface area contributed by atoms with Crippen LogP contribution in [0, 0.1) is 18.8 Å². The van der Waals surface area contributed by atoms with E-state index in [4.69, 9.17) is 5.11 Å². The number of benzene rings is 1. The van der Waals surface area contributed by atoms with Crippen molar-refractivity contribution >= 4 is 17.2 Å². The molecule has 0 atom stereocenters. The monoisotopic (exact) mass is 299 g/mol. The van der Waals surface area contributed by atoms with Gasteiger partial charge in [0.2, 0.25) is 0 Å². The third-order valence-electron chi connectivity index (χ3n) is 2.90. The molecular weight excluding hydrogens is 282 g/mol. The van der Waals surface area contributed by atoms with E-state index >= 15 is 0 Å². The van der Waals surface area contributed by atoms with E-state index in [1.54, 1.807) is 12.1 Å². The summed E-state index contributed by atoms with van der Waals surface area (Å²) >= 11 is 1.33. The van der Waals surface area contributed by atoms with Crippen LogP contribution in [0.2, 0.25) is 0 Å². The Morgan fingerprint density at radius 1 is 1.33 bits per heavy atom. The van der Waals surface area contributed by atoms with E-state index in [0.717, 1.165) is 11.3 Å². The van der Waals surface area contributed by atoms with E-state index in [1.165, 1.54) is 22.5 Å². The summed E-state index contributed by atoms with van der Waals surface area (Å²) in [6.07, 6.45) is 0.815. The Morgan fingerprint density at radius 2 is 2.19 bits per heavy atom. The first kappa shape index (κ1) is 15.3. The fourth-order valence-electron chi connectivity index (χ4n) is 1.93. The summed E-state index contributed by atoms with van der Waals surface area (Å²) in [5, 5.41) is 11.5. The average molecular weight is 299 g/mol. The number of carbonyl (C=O) groups is 1. The minimum atomic E-state index is -0.171. The normalized spacial score (nSPS) is 9.81. The van der Waals surface area contributed by atoms with Crippen LogP contribution in [0.5, 0.6) is 0 Å². The van der Waals surface area contributed by atoms with Gasteiger partial charge in [0.15, 0.2) is 0 Å². The lowest BCUT2D eigenvalue weighted by molar-refractivity contribution is 0.0958. The highest BCUT2D eigenvalue weighted by Crippen LogP contribution is 2.15. The lowest BCUT2D eigenvalue weighted by Gasteiger charge is -2.04. The SMILES string of the molecule is Cc1cccc(CCNC(=O)c2ccc(C#CCO)s2)c1. The molecule has 1 aromatic heterocycles. The first-order chi connectivity index (χ1) is 10.2. The van der Waals surface area contributed by atoms with Gasteiger partial charge in [-0.3, -0.25) is 4.79 Å². The first-order valence-electron chi connectivity index (χ1n) is 6.72. The second-order valence-electron chi connectivity index (χ2n) is 4.62. The van der Waals surface area contributed by atoms with Crippen molar-refractivity contribution in [2.45, 2.75) is 13.3 Å². The molecule has 2 rings (SSSR count). The summed E-state index contributed by atoms with van der Waals surface area (Å²) in [5.74, 6) is 5.29. The van der Waals surface area contributed by atoms with Gasteiger partial charge in [-0.25, -0.2) is 0 Å². The van der Waals surface area contributed by atoms with Crippen molar-refractivity contribution in [3.05, 3.63) is 57.3 Å². The number of thiophene rings is 1. The molecule has 0 bridgehead atoms. The highest BCUT2D eigenvalue weighted by atomic mass is 32.1. The molecule has 108 valence electrons. The number of rotatable bonds is 4. The van der Waals surface area contributed by atoms with Gasteiger partial charge in [-0.1, -0.05) is 41.7 Å². The molecule has 0 aliphatic heterocycles. The molecule has 0 radical (unpaired) electrons. The standard InChI is InChI=1S/C17H17NO2S/c1-13-4-2-5-14(12-13)9-10-18-17(20)16-8-7-15(21-16)6-3-11-19/h2,4-5,7-8,12,19H,9-11H2,1H3,(H,18,20). The topological polar surface area (TPSA) is 49.3 Å². The van der Waals surface area contributed by atoms with Crippen molar-refractivity contribution in [3.8, 4) is 11.8 Å². The molecule has 0 saturated heterocycles. The van der Waals surface area contributed by atoms with E-state index in [2.05, 4.69) is 42.3 Å². The molecule has 1 aromatic carbocycles. The Balaban J connectivity index is 1.86. The number of aliphatic hydroxyl groups is 1. The first-order valence-corrected chi connectivity index (χ1v) is 7.54. The number of amides is 1. The van der Waals surface area contributed by atoms with Gasteiger partial charge in [-0.2, -0.15) is 0 Å². The van der Waals surface area contributed by atoms with Crippen LogP contribution >= 0.6 is 11.3 Å². The predicted octanol–water partition coefficient (Wildman–Crippen LogP) is 2.37. The number of aliphatic hydroxyl groups excluding tert-OH is 1.